The monoisotopic (exact) mass is 719 g/mol. The van der Waals surface area contributed by atoms with Gasteiger partial charge in [0, 0.05) is 47.9 Å². The molecular weight excluding hydrogens is 687 g/mol. The average Bonchev–Trinajstić information content (AvgIpc) is 3.82. The van der Waals surface area contributed by atoms with Gasteiger partial charge in [0.2, 0.25) is 0 Å². The van der Waals surface area contributed by atoms with E-state index in [-0.39, 0.29) is 0 Å². The zero-order valence-corrected chi connectivity index (χ0v) is 30.6. The summed E-state index contributed by atoms with van der Waals surface area (Å²) in [4.78, 5) is 2.44. The minimum atomic E-state index is 0.906. The SMILES string of the molecule is c1ccc(-c2ccc(-c3ccc4ccccc4c3)cc2N(c2ccc(-c3ccc4oc5ccccc5c4c3)cc2)c2ccc3sc4ccccc4c3c2)cc1. The van der Waals surface area contributed by atoms with E-state index < -0.39 is 0 Å². The van der Waals surface area contributed by atoms with Crippen molar-refractivity contribution in [3.63, 3.8) is 0 Å². The Labute approximate surface area is 322 Å². The predicted octanol–water partition coefficient (Wildman–Crippen LogP) is 15.6. The molecule has 11 rings (SSSR count). The summed E-state index contributed by atoms with van der Waals surface area (Å²) in [6.07, 6.45) is 0. The third-order valence-corrected chi connectivity index (χ3v) is 12.0. The van der Waals surface area contributed by atoms with Gasteiger partial charge in [-0.05, 0) is 105 Å². The van der Waals surface area contributed by atoms with Crippen LogP contribution in [0.1, 0.15) is 0 Å². The van der Waals surface area contributed by atoms with Gasteiger partial charge in [0.15, 0.2) is 0 Å². The van der Waals surface area contributed by atoms with Gasteiger partial charge in [0.05, 0.1) is 5.69 Å². The van der Waals surface area contributed by atoms with Crippen LogP contribution < -0.4 is 4.90 Å². The number of anilines is 3. The number of fused-ring (bicyclic) bond motifs is 7. The maximum atomic E-state index is 6.15. The number of hydrogen-bond acceptors (Lipinski definition) is 3. The molecule has 0 radical (unpaired) electrons. The zero-order valence-electron chi connectivity index (χ0n) is 29.8. The Balaban J connectivity index is 1.11. The van der Waals surface area contributed by atoms with Gasteiger partial charge in [-0.3, -0.25) is 0 Å². The quantitative estimate of drug-likeness (QED) is 0.170. The van der Waals surface area contributed by atoms with Gasteiger partial charge in [-0.1, -0.05) is 133 Å². The Morgan fingerprint density at radius 2 is 0.982 bits per heavy atom. The van der Waals surface area contributed by atoms with Crippen LogP contribution in [0, 0.1) is 0 Å². The zero-order chi connectivity index (χ0) is 36.3. The van der Waals surface area contributed by atoms with Gasteiger partial charge >= 0.3 is 0 Å². The minimum Gasteiger partial charge on any atom is -0.456 e. The molecule has 0 spiro atoms. The highest BCUT2D eigenvalue weighted by Gasteiger charge is 2.20. The molecule has 0 saturated heterocycles. The molecule has 0 unspecified atom stereocenters. The first kappa shape index (κ1) is 31.6. The summed E-state index contributed by atoms with van der Waals surface area (Å²) >= 11 is 1.85. The van der Waals surface area contributed by atoms with Gasteiger partial charge in [0.1, 0.15) is 11.2 Å². The predicted molar refractivity (Wildman–Crippen MR) is 235 cm³/mol. The van der Waals surface area contributed by atoms with Crippen molar-refractivity contribution in [2.75, 3.05) is 4.90 Å². The molecule has 0 N–H and O–H groups in total. The molecule has 2 aromatic heterocycles. The third kappa shape index (κ3) is 5.48. The first-order chi connectivity index (χ1) is 27.2. The van der Waals surface area contributed by atoms with Crippen LogP contribution in [0.2, 0.25) is 0 Å². The van der Waals surface area contributed by atoms with Crippen molar-refractivity contribution in [1.29, 1.82) is 0 Å². The number of hydrogen-bond donors (Lipinski definition) is 0. The summed E-state index contributed by atoms with van der Waals surface area (Å²) in [5.74, 6) is 0. The van der Waals surface area contributed by atoms with E-state index in [9.17, 15) is 0 Å². The molecule has 2 heterocycles. The van der Waals surface area contributed by atoms with Gasteiger partial charge in [-0.15, -0.1) is 11.3 Å². The van der Waals surface area contributed by atoms with E-state index >= 15 is 0 Å². The van der Waals surface area contributed by atoms with Crippen LogP contribution >= 0.6 is 11.3 Å². The van der Waals surface area contributed by atoms with Crippen LogP contribution in [0.4, 0.5) is 17.1 Å². The van der Waals surface area contributed by atoms with Crippen molar-refractivity contribution in [1.82, 2.24) is 0 Å². The first-order valence-corrected chi connectivity index (χ1v) is 19.5. The van der Waals surface area contributed by atoms with Crippen molar-refractivity contribution in [2.24, 2.45) is 0 Å². The summed E-state index contributed by atoms with van der Waals surface area (Å²) in [7, 11) is 0. The van der Waals surface area contributed by atoms with Crippen LogP contribution in [0.15, 0.2) is 205 Å². The van der Waals surface area contributed by atoms with Crippen LogP contribution in [0.25, 0.3) is 86.3 Å². The second kappa shape index (κ2) is 12.9. The lowest BCUT2D eigenvalue weighted by molar-refractivity contribution is 0.669. The Bertz CT molecular complexity index is 3210. The van der Waals surface area contributed by atoms with Crippen LogP contribution in [0.5, 0.6) is 0 Å². The van der Waals surface area contributed by atoms with Crippen LogP contribution in [-0.4, -0.2) is 0 Å². The fourth-order valence-electron chi connectivity index (χ4n) is 8.12. The highest BCUT2D eigenvalue weighted by Crippen LogP contribution is 2.46. The second-order valence-electron chi connectivity index (χ2n) is 14.1. The van der Waals surface area contributed by atoms with Gasteiger partial charge < -0.3 is 9.32 Å². The van der Waals surface area contributed by atoms with Crippen molar-refractivity contribution in [3.8, 4) is 33.4 Å². The third-order valence-electron chi connectivity index (χ3n) is 10.9. The molecule has 2 nitrogen and oxygen atoms in total. The van der Waals surface area contributed by atoms with E-state index in [2.05, 4.69) is 193 Å². The fourth-order valence-corrected chi connectivity index (χ4v) is 9.20. The Morgan fingerprint density at radius 3 is 1.87 bits per heavy atom. The lowest BCUT2D eigenvalue weighted by Crippen LogP contribution is -2.11. The van der Waals surface area contributed by atoms with Crippen molar-refractivity contribution in [2.45, 2.75) is 0 Å². The van der Waals surface area contributed by atoms with Crippen molar-refractivity contribution < 1.29 is 4.42 Å². The molecule has 0 atom stereocenters. The van der Waals surface area contributed by atoms with E-state index in [0.29, 0.717) is 0 Å². The number of rotatable bonds is 6. The smallest absolute Gasteiger partial charge is 0.135 e. The molecule has 0 amide bonds. The van der Waals surface area contributed by atoms with Crippen molar-refractivity contribution in [3.05, 3.63) is 200 Å². The molecular formula is C52H33NOS. The molecule has 3 heteroatoms. The summed E-state index contributed by atoms with van der Waals surface area (Å²) < 4.78 is 8.74. The van der Waals surface area contributed by atoms with Gasteiger partial charge in [0.25, 0.3) is 0 Å². The molecule has 11 aromatic rings. The molecule has 0 bridgehead atoms. The maximum absolute atomic E-state index is 6.15. The highest BCUT2D eigenvalue weighted by molar-refractivity contribution is 7.25. The van der Waals surface area contributed by atoms with Crippen LogP contribution in [0.3, 0.4) is 0 Å². The summed E-state index contributed by atoms with van der Waals surface area (Å²) in [6, 6.07) is 72.5. The number of para-hydroxylation sites is 1. The van der Waals surface area contributed by atoms with Crippen molar-refractivity contribution >= 4 is 81.3 Å². The summed E-state index contributed by atoms with van der Waals surface area (Å²) in [6.45, 7) is 0. The van der Waals surface area contributed by atoms with E-state index in [1.54, 1.807) is 0 Å². The van der Waals surface area contributed by atoms with E-state index in [1.165, 1.54) is 53.2 Å². The lowest BCUT2D eigenvalue weighted by atomic mass is 9.95. The summed E-state index contributed by atoms with van der Waals surface area (Å²) in [5.41, 5.74) is 12.2. The largest absolute Gasteiger partial charge is 0.456 e. The lowest BCUT2D eigenvalue weighted by Gasteiger charge is -2.29. The minimum absolute atomic E-state index is 0.906. The van der Waals surface area contributed by atoms with Gasteiger partial charge in [-0.25, -0.2) is 0 Å². The van der Waals surface area contributed by atoms with E-state index in [1.807, 2.05) is 23.5 Å². The molecule has 0 aliphatic carbocycles. The number of nitrogens with zero attached hydrogens (tertiary/aromatic N) is 1. The first-order valence-electron chi connectivity index (χ1n) is 18.7. The van der Waals surface area contributed by atoms with E-state index in [0.717, 1.165) is 50.1 Å². The molecule has 9 aromatic carbocycles. The number of benzene rings is 9. The number of thiophene rings is 1. The molecule has 0 fully saturated rings. The standard InChI is InChI=1S/C52H33NOS/c1-2-11-36(12-3-1)43-27-22-40(38-19-18-34-10-4-5-13-37(34)30-38)32-48(43)53(42-26-29-52-47(33-42)45-15-7-9-17-51(45)55-52)41-24-20-35(21-25-41)39-23-28-50-46(31-39)44-14-6-8-16-49(44)54-50/h1-33H. The Hall–Kier alpha value is -6.94. The normalized spacial score (nSPS) is 11.6. The average molecular weight is 720 g/mol. The fraction of sp³-hybridized carbons (Fsp3) is 0. The molecule has 0 saturated carbocycles. The number of furan rings is 1. The molecule has 0 aliphatic rings. The van der Waals surface area contributed by atoms with E-state index in [4.69, 9.17) is 4.42 Å². The topological polar surface area (TPSA) is 16.4 Å². The molecule has 0 aliphatic heterocycles. The Morgan fingerprint density at radius 1 is 0.345 bits per heavy atom. The Kier molecular flexibility index (Phi) is 7.39. The maximum Gasteiger partial charge on any atom is 0.135 e. The van der Waals surface area contributed by atoms with Gasteiger partial charge in [-0.2, -0.15) is 0 Å². The molecule has 55 heavy (non-hydrogen) atoms. The summed E-state index contributed by atoms with van der Waals surface area (Å²) in [5, 5.41) is 7.30. The molecule has 258 valence electrons. The van der Waals surface area contributed by atoms with Crippen LogP contribution in [-0.2, 0) is 0 Å². The highest BCUT2D eigenvalue weighted by atomic mass is 32.1. The second-order valence-corrected chi connectivity index (χ2v) is 15.2.